The third kappa shape index (κ3) is 1.93. The van der Waals surface area contributed by atoms with Crippen LogP contribution < -0.4 is 5.32 Å². The van der Waals surface area contributed by atoms with Crippen LogP contribution in [0.4, 0.5) is 5.95 Å². The fourth-order valence-corrected chi connectivity index (χ4v) is 0.986. The second kappa shape index (κ2) is 3.84. The van der Waals surface area contributed by atoms with Crippen LogP contribution in [-0.4, -0.2) is 28.1 Å². The first-order chi connectivity index (χ1) is 6.19. The highest BCUT2D eigenvalue weighted by atomic mass is 16.4. The number of carboxylic acids is 1. The van der Waals surface area contributed by atoms with Crippen molar-refractivity contribution in [2.24, 2.45) is 0 Å². The van der Waals surface area contributed by atoms with Crippen LogP contribution in [0.5, 0.6) is 0 Å². The molecule has 0 bridgehead atoms. The van der Waals surface area contributed by atoms with E-state index in [1.807, 2.05) is 6.92 Å². The predicted octanol–water partition coefficient (Wildman–Crippen LogP) is 0.779. The zero-order valence-corrected chi connectivity index (χ0v) is 7.53. The Morgan fingerprint density at radius 2 is 2.38 bits per heavy atom. The van der Waals surface area contributed by atoms with Crippen LogP contribution in [0, 0.1) is 0 Å². The number of aromatic nitrogens is 2. The lowest BCUT2D eigenvalue weighted by Gasteiger charge is -2.03. The first-order valence-corrected chi connectivity index (χ1v) is 3.96. The normalized spacial score (nSPS) is 9.69. The van der Waals surface area contributed by atoms with Gasteiger partial charge in [0.15, 0.2) is 0 Å². The third-order valence-electron chi connectivity index (χ3n) is 1.66. The van der Waals surface area contributed by atoms with Crippen LogP contribution >= 0.6 is 0 Å². The van der Waals surface area contributed by atoms with Crippen molar-refractivity contribution in [1.29, 1.82) is 0 Å². The van der Waals surface area contributed by atoms with Crippen LogP contribution in [-0.2, 0) is 6.42 Å². The Bertz CT molecular complexity index is 325. The smallest absolute Gasteiger partial charge is 0.339 e. The molecule has 1 heterocycles. The Morgan fingerprint density at radius 1 is 1.69 bits per heavy atom. The maximum Gasteiger partial charge on any atom is 0.339 e. The molecule has 0 saturated heterocycles. The monoisotopic (exact) mass is 181 g/mol. The van der Waals surface area contributed by atoms with E-state index in [-0.39, 0.29) is 5.56 Å². The van der Waals surface area contributed by atoms with Crippen molar-refractivity contribution >= 4 is 11.9 Å². The Balaban J connectivity index is 3.15. The average Bonchev–Trinajstić information content (AvgIpc) is 2.16. The van der Waals surface area contributed by atoms with Crippen molar-refractivity contribution in [2.75, 3.05) is 12.4 Å². The first kappa shape index (κ1) is 9.44. The van der Waals surface area contributed by atoms with Crippen LogP contribution in [0.2, 0.25) is 0 Å². The van der Waals surface area contributed by atoms with Crippen molar-refractivity contribution in [1.82, 2.24) is 9.97 Å². The van der Waals surface area contributed by atoms with E-state index in [1.54, 1.807) is 7.05 Å². The number of rotatable bonds is 3. The molecule has 0 aliphatic heterocycles. The number of aryl methyl sites for hydroxylation is 1. The highest BCUT2D eigenvalue weighted by Crippen LogP contribution is 2.08. The van der Waals surface area contributed by atoms with Crippen molar-refractivity contribution in [3.8, 4) is 0 Å². The van der Waals surface area contributed by atoms with Gasteiger partial charge in [-0.15, -0.1) is 0 Å². The number of nitrogens with zero attached hydrogens (tertiary/aromatic N) is 2. The molecule has 0 amide bonds. The van der Waals surface area contributed by atoms with Gasteiger partial charge in [0.2, 0.25) is 5.95 Å². The summed E-state index contributed by atoms with van der Waals surface area (Å²) in [6, 6.07) is 0. The molecule has 0 unspecified atom stereocenters. The van der Waals surface area contributed by atoms with Crippen LogP contribution in [0.25, 0.3) is 0 Å². The van der Waals surface area contributed by atoms with Gasteiger partial charge in [-0.25, -0.2) is 14.8 Å². The maximum atomic E-state index is 10.7. The van der Waals surface area contributed by atoms with Crippen LogP contribution in [0.3, 0.4) is 0 Å². The molecule has 5 heteroatoms. The summed E-state index contributed by atoms with van der Waals surface area (Å²) in [5.41, 5.74) is 0.716. The number of nitrogens with one attached hydrogen (secondary N) is 1. The number of aromatic carboxylic acids is 1. The second-order valence-corrected chi connectivity index (χ2v) is 2.46. The van der Waals surface area contributed by atoms with E-state index in [1.165, 1.54) is 6.20 Å². The lowest BCUT2D eigenvalue weighted by Crippen LogP contribution is -2.07. The number of hydrogen-bond donors (Lipinski definition) is 2. The zero-order valence-electron chi connectivity index (χ0n) is 7.53. The van der Waals surface area contributed by atoms with Crippen molar-refractivity contribution in [2.45, 2.75) is 13.3 Å². The third-order valence-corrected chi connectivity index (χ3v) is 1.66. The molecular formula is C8H11N3O2. The van der Waals surface area contributed by atoms with Gasteiger partial charge in [0.05, 0.1) is 11.3 Å². The summed E-state index contributed by atoms with van der Waals surface area (Å²) in [5, 5.41) is 11.5. The van der Waals surface area contributed by atoms with Gasteiger partial charge in [-0.05, 0) is 6.42 Å². The predicted molar refractivity (Wildman–Crippen MR) is 47.9 cm³/mol. The van der Waals surface area contributed by atoms with E-state index >= 15 is 0 Å². The Kier molecular flexibility index (Phi) is 2.79. The minimum Gasteiger partial charge on any atom is -0.478 e. The summed E-state index contributed by atoms with van der Waals surface area (Å²) in [7, 11) is 1.69. The number of anilines is 1. The van der Waals surface area contributed by atoms with Crippen molar-refractivity contribution in [3.63, 3.8) is 0 Å². The summed E-state index contributed by atoms with van der Waals surface area (Å²) in [6.07, 6.45) is 1.90. The quantitative estimate of drug-likeness (QED) is 0.720. The topological polar surface area (TPSA) is 75.1 Å². The molecule has 0 saturated carbocycles. The standard InChI is InChI=1S/C8H11N3O2/c1-3-6-5(7(12)13)4-10-8(9-2)11-6/h4H,3H2,1-2H3,(H,12,13)(H,9,10,11). The van der Waals surface area contributed by atoms with E-state index < -0.39 is 5.97 Å². The molecular weight excluding hydrogens is 170 g/mol. The second-order valence-electron chi connectivity index (χ2n) is 2.46. The minimum absolute atomic E-state index is 0.168. The SMILES string of the molecule is CCc1nc(NC)ncc1C(=O)O. The molecule has 2 N–H and O–H groups in total. The minimum atomic E-state index is -0.987. The van der Waals surface area contributed by atoms with Gasteiger partial charge in [-0.1, -0.05) is 6.92 Å². The highest BCUT2D eigenvalue weighted by molar-refractivity contribution is 5.88. The summed E-state index contributed by atoms with van der Waals surface area (Å²) in [4.78, 5) is 18.5. The van der Waals surface area contributed by atoms with E-state index in [0.29, 0.717) is 18.1 Å². The van der Waals surface area contributed by atoms with E-state index in [0.717, 1.165) is 0 Å². The Hall–Kier alpha value is -1.65. The average molecular weight is 181 g/mol. The first-order valence-electron chi connectivity index (χ1n) is 3.96. The molecule has 1 aromatic rings. The zero-order chi connectivity index (χ0) is 9.84. The van der Waals surface area contributed by atoms with Crippen LogP contribution in [0.1, 0.15) is 23.0 Å². The maximum absolute atomic E-state index is 10.7. The molecule has 1 rings (SSSR count). The molecule has 0 aromatic carbocycles. The molecule has 13 heavy (non-hydrogen) atoms. The van der Waals surface area contributed by atoms with Gasteiger partial charge < -0.3 is 10.4 Å². The summed E-state index contributed by atoms with van der Waals surface area (Å²) >= 11 is 0. The van der Waals surface area contributed by atoms with E-state index in [4.69, 9.17) is 5.11 Å². The molecule has 0 fully saturated rings. The largest absolute Gasteiger partial charge is 0.478 e. The van der Waals surface area contributed by atoms with Gasteiger partial charge in [0, 0.05) is 13.2 Å². The van der Waals surface area contributed by atoms with Gasteiger partial charge in [0.25, 0.3) is 0 Å². The van der Waals surface area contributed by atoms with Crippen molar-refractivity contribution < 1.29 is 9.90 Å². The lowest BCUT2D eigenvalue weighted by molar-refractivity contribution is 0.0694. The molecule has 1 aromatic heterocycles. The molecule has 0 radical (unpaired) electrons. The lowest BCUT2D eigenvalue weighted by atomic mass is 10.2. The van der Waals surface area contributed by atoms with Crippen LogP contribution in [0.15, 0.2) is 6.20 Å². The Morgan fingerprint density at radius 3 is 2.85 bits per heavy atom. The molecule has 0 aliphatic rings. The molecule has 0 aliphatic carbocycles. The van der Waals surface area contributed by atoms with E-state index in [2.05, 4.69) is 15.3 Å². The summed E-state index contributed by atoms with van der Waals surface area (Å²) < 4.78 is 0. The number of carbonyl (C=O) groups is 1. The van der Waals surface area contributed by atoms with Gasteiger partial charge in [0.1, 0.15) is 0 Å². The summed E-state index contributed by atoms with van der Waals surface area (Å²) in [5.74, 6) is -0.540. The Labute approximate surface area is 75.8 Å². The molecule has 0 spiro atoms. The highest BCUT2D eigenvalue weighted by Gasteiger charge is 2.10. The van der Waals surface area contributed by atoms with E-state index in [9.17, 15) is 4.79 Å². The fourth-order valence-electron chi connectivity index (χ4n) is 0.986. The molecule has 0 atom stereocenters. The van der Waals surface area contributed by atoms with Crippen molar-refractivity contribution in [3.05, 3.63) is 17.5 Å². The summed E-state index contributed by atoms with van der Waals surface area (Å²) in [6.45, 7) is 1.86. The van der Waals surface area contributed by atoms with Gasteiger partial charge >= 0.3 is 5.97 Å². The molecule has 5 nitrogen and oxygen atoms in total. The number of carboxylic acid groups (broad SMARTS) is 1. The van der Waals surface area contributed by atoms with Gasteiger partial charge in [-0.3, -0.25) is 0 Å². The molecule has 70 valence electrons. The number of hydrogen-bond acceptors (Lipinski definition) is 4. The fraction of sp³-hybridized carbons (Fsp3) is 0.375. The van der Waals surface area contributed by atoms with Gasteiger partial charge in [-0.2, -0.15) is 0 Å².